The molecule has 0 aliphatic heterocycles. The lowest BCUT2D eigenvalue weighted by Crippen LogP contribution is -2.01. The normalized spacial score (nSPS) is 12.3. The van der Waals surface area contributed by atoms with Crippen molar-refractivity contribution in [1.82, 2.24) is 0 Å². The van der Waals surface area contributed by atoms with Crippen molar-refractivity contribution in [2.75, 3.05) is 7.11 Å². The van der Waals surface area contributed by atoms with E-state index in [9.17, 15) is 8.78 Å². The number of ether oxygens (including phenoxy) is 1. The van der Waals surface area contributed by atoms with Crippen molar-refractivity contribution in [3.63, 3.8) is 0 Å². The van der Waals surface area contributed by atoms with Crippen LogP contribution in [0.2, 0.25) is 5.02 Å². The maximum Gasteiger partial charge on any atom is 0.141 e. The van der Waals surface area contributed by atoms with E-state index in [0.29, 0.717) is 21.9 Å². The highest BCUT2D eigenvalue weighted by molar-refractivity contribution is 9.10. The SMILES string of the molecule is COc1cc(F)c(Br)cc1C(Br)c1ccc(Cl)cc1F. The van der Waals surface area contributed by atoms with Gasteiger partial charge in [0, 0.05) is 22.2 Å². The van der Waals surface area contributed by atoms with Gasteiger partial charge < -0.3 is 4.74 Å². The zero-order chi connectivity index (χ0) is 14.9. The number of halogens is 5. The number of benzene rings is 2. The first-order chi connectivity index (χ1) is 9.43. The maximum absolute atomic E-state index is 14.0. The molecule has 0 saturated heterocycles. The molecule has 0 bridgehead atoms. The second-order valence-corrected chi connectivity index (χ2v) is 6.24. The van der Waals surface area contributed by atoms with E-state index in [1.807, 2.05) is 0 Å². The van der Waals surface area contributed by atoms with Crippen LogP contribution >= 0.6 is 43.5 Å². The summed E-state index contributed by atoms with van der Waals surface area (Å²) in [7, 11) is 1.43. The van der Waals surface area contributed by atoms with Crippen molar-refractivity contribution in [2.45, 2.75) is 4.83 Å². The summed E-state index contributed by atoms with van der Waals surface area (Å²) < 4.78 is 32.9. The van der Waals surface area contributed by atoms with Crippen molar-refractivity contribution >= 4 is 43.5 Å². The molecule has 6 heteroatoms. The van der Waals surface area contributed by atoms with E-state index < -0.39 is 16.5 Å². The molecule has 2 aromatic rings. The highest BCUT2D eigenvalue weighted by atomic mass is 79.9. The Morgan fingerprint density at radius 1 is 1.10 bits per heavy atom. The minimum atomic E-state index is -0.480. The lowest BCUT2D eigenvalue weighted by molar-refractivity contribution is 0.406. The molecule has 0 aliphatic rings. The van der Waals surface area contributed by atoms with Crippen molar-refractivity contribution in [1.29, 1.82) is 0 Å². The summed E-state index contributed by atoms with van der Waals surface area (Å²) in [6, 6.07) is 7.21. The zero-order valence-corrected chi connectivity index (χ0v) is 14.2. The van der Waals surface area contributed by atoms with Crippen LogP contribution in [-0.4, -0.2) is 7.11 Å². The molecule has 0 aliphatic carbocycles. The Hall–Kier alpha value is -0.650. The molecule has 0 N–H and O–H groups in total. The first-order valence-electron chi connectivity index (χ1n) is 5.56. The van der Waals surface area contributed by atoms with Crippen molar-refractivity contribution in [3.05, 3.63) is 62.6 Å². The summed E-state index contributed by atoms with van der Waals surface area (Å²) in [5.41, 5.74) is 1.01. The number of alkyl halides is 1. The number of methoxy groups -OCH3 is 1. The minimum absolute atomic E-state index is 0.284. The second-order valence-electron chi connectivity index (χ2n) is 4.04. The van der Waals surface area contributed by atoms with Gasteiger partial charge in [-0.15, -0.1) is 0 Å². The summed E-state index contributed by atoms with van der Waals surface area (Å²) in [5, 5.41) is 0.318. The van der Waals surface area contributed by atoms with Gasteiger partial charge in [0.2, 0.25) is 0 Å². The second kappa shape index (κ2) is 6.41. The van der Waals surface area contributed by atoms with Crippen LogP contribution in [0.15, 0.2) is 34.8 Å². The molecule has 0 saturated carbocycles. The molecule has 0 radical (unpaired) electrons. The average molecular weight is 426 g/mol. The quantitative estimate of drug-likeness (QED) is 0.558. The van der Waals surface area contributed by atoms with E-state index in [2.05, 4.69) is 31.9 Å². The van der Waals surface area contributed by atoms with Crippen molar-refractivity contribution in [2.24, 2.45) is 0 Å². The minimum Gasteiger partial charge on any atom is -0.496 e. The Morgan fingerprint density at radius 2 is 1.80 bits per heavy atom. The number of hydrogen-bond acceptors (Lipinski definition) is 1. The Morgan fingerprint density at radius 3 is 2.40 bits per heavy atom. The molecule has 0 spiro atoms. The Balaban J connectivity index is 2.52. The van der Waals surface area contributed by atoms with Gasteiger partial charge in [-0.3, -0.25) is 0 Å². The van der Waals surface area contributed by atoms with Crippen molar-refractivity contribution in [3.8, 4) is 5.75 Å². The van der Waals surface area contributed by atoms with Gasteiger partial charge in [0.05, 0.1) is 16.4 Å². The van der Waals surface area contributed by atoms with Gasteiger partial charge >= 0.3 is 0 Å². The standard InChI is InChI=1S/C14H9Br2ClF2O/c1-20-13-6-12(19)10(15)5-9(13)14(16)8-3-2-7(17)4-11(8)18/h2-6,14H,1H3. The topological polar surface area (TPSA) is 9.23 Å². The van der Waals surface area contributed by atoms with E-state index in [0.717, 1.165) is 0 Å². The number of rotatable bonds is 3. The molecule has 0 amide bonds. The molecule has 106 valence electrons. The van der Waals surface area contributed by atoms with Gasteiger partial charge in [0.15, 0.2) is 0 Å². The Labute approximate surface area is 137 Å². The van der Waals surface area contributed by atoms with Crippen LogP contribution in [0.25, 0.3) is 0 Å². The van der Waals surface area contributed by atoms with Crippen molar-refractivity contribution < 1.29 is 13.5 Å². The third kappa shape index (κ3) is 3.15. The van der Waals surface area contributed by atoms with Crippen LogP contribution < -0.4 is 4.74 Å². The van der Waals surface area contributed by atoms with Crippen LogP contribution in [0.1, 0.15) is 16.0 Å². The molecule has 1 nitrogen and oxygen atoms in total. The smallest absolute Gasteiger partial charge is 0.141 e. The van der Waals surface area contributed by atoms with Crippen LogP contribution in [0.3, 0.4) is 0 Å². The van der Waals surface area contributed by atoms with E-state index >= 15 is 0 Å². The lowest BCUT2D eigenvalue weighted by atomic mass is 10.0. The fraction of sp³-hybridized carbons (Fsp3) is 0.143. The highest BCUT2D eigenvalue weighted by Gasteiger charge is 2.20. The third-order valence-electron chi connectivity index (χ3n) is 2.78. The van der Waals surface area contributed by atoms with Gasteiger partial charge in [-0.1, -0.05) is 33.6 Å². The number of hydrogen-bond donors (Lipinski definition) is 0. The van der Waals surface area contributed by atoms with Crippen LogP contribution in [0.5, 0.6) is 5.75 Å². The van der Waals surface area contributed by atoms with E-state index in [1.54, 1.807) is 18.2 Å². The maximum atomic E-state index is 14.0. The molecule has 1 unspecified atom stereocenters. The van der Waals surface area contributed by atoms with Gasteiger partial charge in [-0.25, -0.2) is 8.78 Å². The Kier molecular flexibility index (Phi) is 5.04. The monoisotopic (exact) mass is 424 g/mol. The first-order valence-corrected chi connectivity index (χ1v) is 7.64. The summed E-state index contributed by atoms with van der Waals surface area (Å²) in [4.78, 5) is -0.480. The largest absolute Gasteiger partial charge is 0.496 e. The fourth-order valence-corrected chi connectivity index (χ4v) is 3.04. The van der Waals surface area contributed by atoms with Crippen LogP contribution in [0, 0.1) is 11.6 Å². The first kappa shape index (κ1) is 15.7. The molecule has 0 aromatic heterocycles. The molecular formula is C14H9Br2ClF2O. The summed E-state index contributed by atoms with van der Waals surface area (Å²) in [5.74, 6) is -0.550. The molecule has 1 atom stereocenters. The van der Waals surface area contributed by atoms with Crippen LogP contribution in [0.4, 0.5) is 8.78 Å². The predicted octanol–water partition coefficient (Wildman–Crippen LogP) is 5.87. The molecule has 2 aromatic carbocycles. The van der Waals surface area contributed by atoms with Gasteiger partial charge in [-0.2, -0.15) is 0 Å². The predicted molar refractivity (Wildman–Crippen MR) is 82.8 cm³/mol. The van der Waals surface area contributed by atoms with Gasteiger partial charge in [0.1, 0.15) is 17.4 Å². The molecule has 0 heterocycles. The molecule has 2 rings (SSSR count). The summed E-state index contributed by atoms with van der Waals surface area (Å²) in [6.45, 7) is 0. The highest BCUT2D eigenvalue weighted by Crippen LogP contribution is 2.40. The fourth-order valence-electron chi connectivity index (χ4n) is 1.79. The van der Waals surface area contributed by atoms with Gasteiger partial charge in [-0.05, 0) is 34.1 Å². The lowest BCUT2D eigenvalue weighted by Gasteiger charge is -2.16. The van der Waals surface area contributed by atoms with E-state index in [1.165, 1.54) is 19.2 Å². The van der Waals surface area contributed by atoms with E-state index in [4.69, 9.17) is 16.3 Å². The Bertz CT molecular complexity index is 649. The molecule has 0 fully saturated rings. The molecular weight excluding hydrogens is 417 g/mol. The summed E-state index contributed by atoms with van der Waals surface area (Å²) >= 11 is 12.3. The molecule has 20 heavy (non-hydrogen) atoms. The van der Waals surface area contributed by atoms with Gasteiger partial charge in [0.25, 0.3) is 0 Å². The van der Waals surface area contributed by atoms with E-state index in [-0.39, 0.29) is 4.47 Å². The van der Waals surface area contributed by atoms with Crippen LogP contribution in [-0.2, 0) is 0 Å². The third-order valence-corrected chi connectivity index (χ3v) is 4.61. The summed E-state index contributed by atoms with van der Waals surface area (Å²) in [6.07, 6.45) is 0. The zero-order valence-electron chi connectivity index (χ0n) is 10.3. The average Bonchev–Trinajstić information content (AvgIpc) is 2.40.